The second-order valence-corrected chi connectivity index (χ2v) is 3.23. The fourth-order valence-corrected chi connectivity index (χ4v) is 1.19. The summed E-state index contributed by atoms with van der Waals surface area (Å²) in [5.41, 5.74) is 7.97. The van der Waals surface area contributed by atoms with E-state index in [2.05, 4.69) is 11.8 Å². The molecule has 0 saturated carbocycles. The quantitative estimate of drug-likeness (QED) is 0.522. The van der Waals surface area contributed by atoms with E-state index >= 15 is 0 Å². The number of aryl methyl sites for hydroxylation is 1. The van der Waals surface area contributed by atoms with Crippen molar-refractivity contribution in [2.75, 3.05) is 5.73 Å². The Bertz CT molecular complexity index is 447. The van der Waals surface area contributed by atoms with E-state index in [0.29, 0.717) is 16.3 Å². The molecule has 0 atom stereocenters. The Kier molecular flexibility index (Phi) is 3.40. The third-order valence-electron chi connectivity index (χ3n) is 1.75. The molecule has 0 aliphatic rings. The Morgan fingerprint density at radius 1 is 1.50 bits per heavy atom. The molecule has 3 heteroatoms. The lowest BCUT2D eigenvalue weighted by atomic mass is 10.1. The Morgan fingerprint density at radius 2 is 2.21 bits per heavy atom. The van der Waals surface area contributed by atoms with Crippen LogP contribution in [0.15, 0.2) is 12.1 Å². The number of benzene rings is 1. The minimum Gasteiger partial charge on any atom is -0.398 e. The minimum absolute atomic E-state index is 0.208. The second kappa shape index (κ2) is 4.56. The molecule has 0 radical (unpaired) electrons. The molecule has 14 heavy (non-hydrogen) atoms. The minimum atomic E-state index is 0.208. The Morgan fingerprint density at radius 3 is 2.86 bits per heavy atom. The number of rotatable bonds is 0. The average Bonchev–Trinajstić information content (AvgIpc) is 2.14. The van der Waals surface area contributed by atoms with Gasteiger partial charge in [0.2, 0.25) is 0 Å². The molecule has 0 saturated heterocycles. The third-order valence-corrected chi connectivity index (χ3v) is 2.06. The molecular formula is C11H9ClN2. The van der Waals surface area contributed by atoms with E-state index in [1.165, 1.54) is 0 Å². The van der Waals surface area contributed by atoms with Crippen LogP contribution >= 0.6 is 11.6 Å². The van der Waals surface area contributed by atoms with Gasteiger partial charge in [0.25, 0.3) is 0 Å². The van der Waals surface area contributed by atoms with Crippen molar-refractivity contribution in [3.05, 3.63) is 28.3 Å². The summed E-state index contributed by atoms with van der Waals surface area (Å²) < 4.78 is 0. The maximum Gasteiger partial charge on any atom is 0.0966 e. The molecule has 0 unspecified atom stereocenters. The smallest absolute Gasteiger partial charge is 0.0966 e. The molecule has 0 aliphatic carbocycles. The summed E-state index contributed by atoms with van der Waals surface area (Å²) in [6.07, 6.45) is 0.208. The molecule has 70 valence electrons. The zero-order chi connectivity index (χ0) is 10.6. The van der Waals surface area contributed by atoms with Crippen molar-refractivity contribution in [2.45, 2.75) is 13.3 Å². The molecule has 0 spiro atoms. The first kappa shape index (κ1) is 10.4. The molecule has 0 amide bonds. The molecule has 0 fully saturated rings. The zero-order valence-corrected chi connectivity index (χ0v) is 8.52. The predicted molar refractivity (Wildman–Crippen MR) is 57.7 cm³/mol. The zero-order valence-electron chi connectivity index (χ0n) is 7.76. The summed E-state index contributed by atoms with van der Waals surface area (Å²) in [7, 11) is 0. The van der Waals surface area contributed by atoms with Crippen molar-refractivity contribution in [1.29, 1.82) is 5.26 Å². The fourth-order valence-electron chi connectivity index (χ4n) is 0.972. The van der Waals surface area contributed by atoms with Gasteiger partial charge < -0.3 is 5.73 Å². The van der Waals surface area contributed by atoms with Crippen LogP contribution in [0.2, 0.25) is 5.02 Å². The van der Waals surface area contributed by atoms with Gasteiger partial charge in [-0.3, -0.25) is 0 Å². The lowest BCUT2D eigenvalue weighted by Crippen LogP contribution is -1.90. The summed E-state index contributed by atoms with van der Waals surface area (Å²) in [6, 6.07) is 5.44. The largest absolute Gasteiger partial charge is 0.398 e. The maximum atomic E-state index is 8.31. The highest BCUT2D eigenvalue weighted by Crippen LogP contribution is 2.21. The van der Waals surface area contributed by atoms with Gasteiger partial charge >= 0.3 is 0 Å². The van der Waals surface area contributed by atoms with E-state index in [0.717, 1.165) is 5.56 Å². The normalized spacial score (nSPS) is 8.64. The molecule has 0 aromatic heterocycles. The van der Waals surface area contributed by atoms with Crippen LogP contribution in [-0.4, -0.2) is 0 Å². The van der Waals surface area contributed by atoms with Gasteiger partial charge in [-0.1, -0.05) is 23.4 Å². The average molecular weight is 205 g/mol. The van der Waals surface area contributed by atoms with Gasteiger partial charge in [0, 0.05) is 11.3 Å². The molecule has 1 aromatic carbocycles. The predicted octanol–water partition coefficient (Wildman–Crippen LogP) is 2.50. The van der Waals surface area contributed by atoms with E-state index in [1.807, 2.05) is 19.1 Å². The highest BCUT2D eigenvalue weighted by molar-refractivity contribution is 6.32. The van der Waals surface area contributed by atoms with Crippen LogP contribution in [0.25, 0.3) is 0 Å². The van der Waals surface area contributed by atoms with Crippen molar-refractivity contribution in [3.63, 3.8) is 0 Å². The number of nitrogens with two attached hydrogens (primary N) is 1. The summed E-state index contributed by atoms with van der Waals surface area (Å²) in [5.74, 6) is 5.52. The number of nitrogens with zero attached hydrogens (tertiary/aromatic N) is 1. The van der Waals surface area contributed by atoms with Crippen LogP contribution in [0.1, 0.15) is 17.5 Å². The van der Waals surface area contributed by atoms with Gasteiger partial charge in [-0.2, -0.15) is 5.26 Å². The monoisotopic (exact) mass is 204 g/mol. The SMILES string of the molecule is Cc1cc(C#CCC#N)c(Cl)cc1N. The van der Waals surface area contributed by atoms with Crippen LogP contribution in [-0.2, 0) is 0 Å². The molecule has 0 heterocycles. The van der Waals surface area contributed by atoms with Crippen molar-refractivity contribution in [2.24, 2.45) is 0 Å². The summed E-state index contributed by atoms with van der Waals surface area (Å²) in [4.78, 5) is 0. The van der Waals surface area contributed by atoms with Crippen molar-refractivity contribution in [1.82, 2.24) is 0 Å². The molecule has 2 nitrogen and oxygen atoms in total. The number of hydrogen-bond donors (Lipinski definition) is 1. The van der Waals surface area contributed by atoms with Crippen LogP contribution in [0.5, 0.6) is 0 Å². The first-order valence-corrected chi connectivity index (χ1v) is 4.44. The lowest BCUT2D eigenvalue weighted by Gasteiger charge is -2.02. The molecule has 0 aliphatic heterocycles. The van der Waals surface area contributed by atoms with Gasteiger partial charge in [-0.25, -0.2) is 0 Å². The summed E-state index contributed by atoms with van der Waals surface area (Å²) in [5, 5.41) is 8.83. The van der Waals surface area contributed by atoms with Crippen molar-refractivity contribution >= 4 is 17.3 Å². The molecule has 1 rings (SSSR count). The van der Waals surface area contributed by atoms with E-state index in [-0.39, 0.29) is 6.42 Å². The van der Waals surface area contributed by atoms with E-state index in [4.69, 9.17) is 22.6 Å². The summed E-state index contributed by atoms with van der Waals surface area (Å²) in [6.45, 7) is 1.89. The second-order valence-electron chi connectivity index (χ2n) is 2.83. The summed E-state index contributed by atoms with van der Waals surface area (Å²) >= 11 is 5.92. The topological polar surface area (TPSA) is 49.8 Å². The van der Waals surface area contributed by atoms with E-state index in [9.17, 15) is 0 Å². The molecule has 1 aromatic rings. The number of anilines is 1. The van der Waals surface area contributed by atoms with E-state index in [1.54, 1.807) is 6.07 Å². The first-order valence-electron chi connectivity index (χ1n) is 4.06. The number of nitriles is 1. The highest BCUT2D eigenvalue weighted by atomic mass is 35.5. The van der Waals surface area contributed by atoms with Crippen LogP contribution in [0.4, 0.5) is 5.69 Å². The van der Waals surface area contributed by atoms with Gasteiger partial charge in [0.1, 0.15) is 0 Å². The Hall–Kier alpha value is -1.64. The Labute approximate surface area is 88.3 Å². The number of nitrogen functional groups attached to an aromatic ring is 1. The molecule has 2 N–H and O–H groups in total. The molecule has 0 bridgehead atoms. The van der Waals surface area contributed by atoms with Crippen LogP contribution in [0.3, 0.4) is 0 Å². The lowest BCUT2D eigenvalue weighted by molar-refractivity contribution is 1.39. The number of hydrogen-bond acceptors (Lipinski definition) is 2. The highest BCUT2D eigenvalue weighted by Gasteiger charge is 2.00. The standard InChI is InChI=1S/C11H9ClN2/c1-8-6-9(4-2-3-5-13)10(12)7-11(8)14/h6-7H,3,14H2,1H3. The van der Waals surface area contributed by atoms with Crippen LogP contribution < -0.4 is 5.73 Å². The van der Waals surface area contributed by atoms with Crippen molar-refractivity contribution in [3.8, 4) is 17.9 Å². The molecular weight excluding hydrogens is 196 g/mol. The van der Waals surface area contributed by atoms with Gasteiger partial charge in [-0.05, 0) is 24.6 Å². The van der Waals surface area contributed by atoms with Gasteiger partial charge in [-0.15, -0.1) is 0 Å². The van der Waals surface area contributed by atoms with E-state index < -0.39 is 0 Å². The van der Waals surface area contributed by atoms with Crippen molar-refractivity contribution < 1.29 is 0 Å². The van der Waals surface area contributed by atoms with Crippen LogP contribution in [0, 0.1) is 30.1 Å². The maximum absolute atomic E-state index is 8.31. The Balaban J connectivity index is 3.07. The fraction of sp³-hybridized carbons (Fsp3) is 0.182. The third kappa shape index (κ3) is 2.42. The first-order chi connectivity index (χ1) is 6.65. The van der Waals surface area contributed by atoms with Gasteiger partial charge in [0.15, 0.2) is 0 Å². The number of halogens is 1. The van der Waals surface area contributed by atoms with Gasteiger partial charge in [0.05, 0.1) is 17.5 Å².